The third kappa shape index (κ3) is 4.94. The van der Waals surface area contributed by atoms with Gasteiger partial charge in [-0.15, -0.1) is 0 Å². The van der Waals surface area contributed by atoms with Crippen molar-refractivity contribution in [1.29, 1.82) is 0 Å². The molecule has 4 nitrogen and oxygen atoms in total. The molecule has 1 aliphatic rings. The van der Waals surface area contributed by atoms with Crippen molar-refractivity contribution in [3.63, 3.8) is 0 Å². The van der Waals surface area contributed by atoms with Crippen LogP contribution in [0, 0.1) is 0 Å². The second-order valence-electron chi connectivity index (χ2n) is 6.64. The van der Waals surface area contributed by atoms with Gasteiger partial charge in [0.15, 0.2) is 0 Å². The van der Waals surface area contributed by atoms with Gasteiger partial charge in [-0.2, -0.15) is 0 Å². The van der Waals surface area contributed by atoms with Gasteiger partial charge in [0.2, 0.25) is 0 Å². The Labute approximate surface area is 116 Å². The van der Waals surface area contributed by atoms with Crippen molar-refractivity contribution in [1.82, 2.24) is 4.90 Å². The molecule has 0 aromatic carbocycles. The predicted octanol–water partition coefficient (Wildman–Crippen LogP) is 2.55. The zero-order chi connectivity index (χ0) is 14.7. The van der Waals surface area contributed by atoms with Crippen molar-refractivity contribution < 1.29 is 14.3 Å². The summed E-state index contributed by atoms with van der Waals surface area (Å²) in [4.78, 5) is 24.9. The van der Waals surface area contributed by atoms with Gasteiger partial charge >= 0.3 is 5.97 Å². The van der Waals surface area contributed by atoms with Crippen LogP contribution in [0.4, 0.5) is 0 Å². The molecule has 1 saturated heterocycles. The third-order valence-corrected chi connectivity index (χ3v) is 3.92. The number of hydrogen-bond donors (Lipinski definition) is 0. The molecular formula is C15H27NO3. The summed E-state index contributed by atoms with van der Waals surface area (Å²) in [5.74, 6) is -0.0856. The first-order valence-electron chi connectivity index (χ1n) is 7.09. The van der Waals surface area contributed by atoms with E-state index in [1.54, 1.807) is 6.92 Å². The van der Waals surface area contributed by atoms with Crippen LogP contribution in [0.25, 0.3) is 0 Å². The standard InChI is InChI=1S/C15H27NO3/c1-12(17)6-7-15(19-13(2)18)8-10-16(11-9-15)14(3,4)5/h6-11H2,1-5H3. The number of likely N-dealkylation sites (tertiary alicyclic amines) is 1. The highest BCUT2D eigenvalue weighted by Crippen LogP contribution is 2.33. The van der Waals surface area contributed by atoms with E-state index in [-0.39, 0.29) is 17.3 Å². The van der Waals surface area contributed by atoms with E-state index in [1.165, 1.54) is 6.92 Å². The van der Waals surface area contributed by atoms with Crippen LogP contribution in [0.5, 0.6) is 0 Å². The summed E-state index contributed by atoms with van der Waals surface area (Å²) in [5, 5.41) is 0. The molecule has 0 amide bonds. The summed E-state index contributed by atoms with van der Waals surface area (Å²) in [7, 11) is 0. The van der Waals surface area contributed by atoms with Crippen LogP contribution in [0.1, 0.15) is 60.3 Å². The fourth-order valence-electron chi connectivity index (χ4n) is 2.70. The van der Waals surface area contributed by atoms with Crippen molar-refractivity contribution in [2.45, 2.75) is 71.4 Å². The number of rotatable bonds is 4. The molecule has 0 aliphatic carbocycles. The molecule has 0 saturated carbocycles. The molecule has 0 bridgehead atoms. The molecule has 1 rings (SSSR count). The van der Waals surface area contributed by atoms with Gasteiger partial charge in [0, 0.05) is 44.8 Å². The number of ether oxygens (including phenoxy) is 1. The smallest absolute Gasteiger partial charge is 0.303 e. The summed E-state index contributed by atoms with van der Waals surface area (Å²) in [6.07, 6.45) is 2.77. The van der Waals surface area contributed by atoms with Crippen LogP contribution in [-0.2, 0) is 14.3 Å². The van der Waals surface area contributed by atoms with E-state index in [9.17, 15) is 9.59 Å². The van der Waals surface area contributed by atoms with E-state index in [2.05, 4.69) is 25.7 Å². The molecule has 110 valence electrons. The second kappa shape index (κ2) is 6.04. The van der Waals surface area contributed by atoms with Gasteiger partial charge in [-0.25, -0.2) is 0 Å². The molecule has 0 N–H and O–H groups in total. The van der Waals surface area contributed by atoms with E-state index >= 15 is 0 Å². The number of hydrogen-bond acceptors (Lipinski definition) is 4. The van der Waals surface area contributed by atoms with Gasteiger partial charge in [0.1, 0.15) is 11.4 Å². The van der Waals surface area contributed by atoms with Crippen LogP contribution in [0.15, 0.2) is 0 Å². The van der Waals surface area contributed by atoms with Gasteiger partial charge in [0.25, 0.3) is 0 Å². The normalized spacial score (nSPS) is 20.1. The van der Waals surface area contributed by atoms with Crippen molar-refractivity contribution in [2.75, 3.05) is 13.1 Å². The molecule has 4 heteroatoms. The summed E-state index contributed by atoms with van der Waals surface area (Å²) in [5.41, 5.74) is -0.289. The van der Waals surface area contributed by atoms with E-state index in [1.807, 2.05) is 0 Å². The molecule has 0 atom stereocenters. The number of ketones is 1. The first-order valence-corrected chi connectivity index (χ1v) is 7.09. The summed E-state index contributed by atoms with van der Waals surface area (Å²) in [6, 6.07) is 0. The Balaban J connectivity index is 2.68. The Morgan fingerprint density at radius 1 is 1.16 bits per heavy atom. The molecule has 0 unspecified atom stereocenters. The molecule has 1 heterocycles. The van der Waals surface area contributed by atoms with Crippen molar-refractivity contribution in [2.24, 2.45) is 0 Å². The molecule has 0 spiro atoms. The lowest BCUT2D eigenvalue weighted by molar-refractivity contribution is -0.165. The van der Waals surface area contributed by atoms with E-state index in [0.717, 1.165) is 25.9 Å². The topological polar surface area (TPSA) is 46.6 Å². The van der Waals surface area contributed by atoms with E-state index in [0.29, 0.717) is 12.8 Å². The minimum atomic E-state index is -0.431. The zero-order valence-electron chi connectivity index (χ0n) is 12.9. The zero-order valence-corrected chi connectivity index (χ0v) is 12.9. The SMILES string of the molecule is CC(=O)CCC1(OC(C)=O)CCN(C(C)(C)C)CC1. The number of nitrogens with zero attached hydrogens (tertiary/aromatic N) is 1. The maximum Gasteiger partial charge on any atom is 0.303 e. The lowest BCUT2D eigenvalue weighted by Crippen LogP contribution is -2.52. The summed E-state index contributed by atoms with van der Waals surface area (Å²) >= 11 is 0. The predicted molar refractivity (Wildman–Crippen MR) is 75.0 cm³/mol. The van der Waals surface area contributed by atoms with Crippen LogP contribution < -0.4 is 0 Å². The van der Waals surface area contributed by atoms with Gasteiger partial charge in [-0.3, -0.25) is 9.69 Å². The highest BCUT2D eigenvalue weighted by molar-refractivity contribution is 5.75. The maximum atomic E-state index is 11.3. The Morgan fingerprint density at radius 3 is 2.05 bits per heavy atom. The largest absolute Gasteiger partial charge is 0.459 e. The quantitative estimate of drug-likeness (QED) is 0.736. The van der Waals surface area contributed by atoms with Gasteiger partial charge in [-0.05, 0) is 34.1 Å². The highest BCUT2D eigenvalue weighted by Gasteiger charge is 2.39. The molecule has 0 radical (unpaired) electrons. The van der Waals surface area contributed by atoms with Crippen molar-refractivity contribution in [3.8, 4) is 0 Å². The van der Waals surface area contributed by atoms with Crippen LogP contribution in [0.3, 0.4) is 0 Å². The average Bonchev–Trinajstić information content (AvgIpc) is 2.25. The lowest BCUT2D eigenvalue weighted by atomic mass is 9.84. The van der Waals surface area contributed by atoms with Crippen molar-refractivity contribution in [3.05, 3.63) is 0 Å². The molecular weight excluding hydrogens is 242 g/mol. The fraction of sp³-hybridized carbons (Fsp3) is 0.867. The van der Waals surface area contributed by atoms with Crippen molar-refractivity contribution >= 4 is 11.8 Å². The molecule has 0 aromatic heterocycles. The Bertz CT molecular complexity index is 336. The first-order chi connectivity index (χ1) is 8.65. The number of piperidine rings is 1. The van der Waals surface area contributed by atoms with Crippen LogP contribution in [-0.4, -0.2) is 40.9 Å². The number of carbonyl (C=O) groups is 2. The molecule has 0 aromatic rings. The van der Waals surface area contributed by atoms with Gasteiger partial charge in [-0.1, -0.05) is 0 Å². The third-order valence-electron chi connectivity index (χ3n) is 3.92. The minimum Gasteiger partial charge on any atom is -0.459 e. The second-order valence-corrected chi connectivity index (χ2v) is 6.64. The number of Topliss-reactive ketones (excluding diaryl/α,β-unsaturated/α-hetero) is 1. The summed E-state index contributed by atoms with van der Waals surface area (Å²) in [6.45, 7) is 11.4. The molecule has 19 heavy (non-hydrogen) atoms. The minimum absolute atomic E-state index is 0.142. The van der Waals surface area contributed by atoms with E-state index < -0.39 is 5.60 Å². The number of esters is 1. The lowest BCUT2D eigenvalue weighted by Gasteiger charge is -2.46. The van der Waals surface area contributed by atoms with Crippen LogP contribution in [0.2, 0.25) is 0 Å². The Morgan fingerprint density at radius 2 is 1.68 bits per heavy atom. The average molecular weight is 269 g/mol. The van der Waals surface area contributed by atoms with Crippen LogP contribution >= 0.6 is 0 Å². The molecule has 1 aliphatic heterocycles. The first kappa shape index (κ1) is 16.2. The highest BCUT2D eigenvalue weighted by atomic mass is 16.6. The van der Waals surface area contributed by atoms with E-state index in [4.69, 9.17) is 4.74 Å². The maximum absolute atomic E-state index is 11.3. The Kier molecular flexibility index (Phi) is 5.13. The number of carbonyl (C=O) groups excluding carboxylic acids is 2. The molecule has 1 fully saturated rings. The Hall–Kier alpha value is -0.900. The monoisotopic (exact) mass is 269 g/mol. The van der Waals surface area contributed by atoms with Gasteiger partial charge < -0.3 is 9.53 Å². The summed E-state index contributed by atoms with van der Waals surface area (Å²) < 4.78 is 5.57. The van der Waals surface area contributed by atoms with Gasteiger partial charge in [0.05, 0.1) is 0 Å². The fourth-order valence-corrected chi connectivity index (χ4v) is 2.70.